The number of aliphatic hydroxyl groups is 3. The average molecular weight is 501 g/mol. The SMILES string of the molecule is COC(=O)CCc1ccc(O)c2c1C[C@H]1C[C@H]3[C@H](N(C)C)C(=O)C(C(N)=O)=C(O)[C@@]3(O)C(=O)C1=C2O. The highest BCUT2D eigenvalue weighted by atomic mass is 16.5. The van der Waals surface area contributed by atoms with Gasteiger partial charge in [0.05, 0.1) is 18.7 Å². The second-order valence-corrected chi connectivity index (χ2v) is 9.64. The van der Waals surface area contributed by atoms with Gasteiger partial charge in [-0.05, 0) is 56.5 Å². The Morgan fingerprint density at radius 3 is 2.44 bits per heavy atom. The van der Waals surface area contributed by atoms with Crippen LogP contribution in [-0.2, 0) is 36.8 Å². The predicted molar refractivity (Wildman–Crippen MR) is 125 cm³/mol. The Balaban J connectivity index is 1.90. The van der Waals surface area contributed by atoms with Crippen LogP contribution in [0.5, 0.6) is 5.75 Å². The molecule has 4 rings (SSSR count). The number of aliphatic hydroxyl groups excluding tert-OH is 2. The fraction of sp³-hybridized carbons (Fsp3) is 0.440. The van der Waals surface area contributed by atoms with E-state index in [0.29, 0.717) is 11.1 Å². The van der Waals surface area contributed by atoms with Crippen LogP contribution in [0.4, 0.5) is 0 Å². The van der Waals surface area contributed by atoms with Crippen LogP contribution in [-0.4, -0.2) is 81.6 Å². The van der Waals surface area contributed by atoms with Crippen LogP contribution in [0.25, 0.3) is 5.76 Å². The zero-order valence-electron chi connectivity index (χ0n) is 20.1. The number of hydrogen-bond donors (Lipinski definition) is 5. The number of rotatable bonds is 5. The molecule has 4 atom stereocenters. The lowest BCUT2D eigenvalue weighted by Gasteiger charge is -2.50. The molecule has 11 heteroatoms. The van der Waals surface area contributed by atoms with Crippen molar-refractivity contribution in [1.82, 2.24) is 4.90 Å². The third kappa shape index (κ3) is 3.49. The molecule has 1 saturated carbocycles. The molecule has 1 aromatic rings. The number of ether oxygens (including phenoxy) is 1. The van der Waals surface area contributed by atoms with Crippen molar-refractivity contribution >= 4 is 29.2 Å². The number of fused-ring (bicyclic) bond motifs is 3. The van der Waals surface area contributed by atoms with E-state index in [0.717, 1.165) is 0 Å². The topological polar surface area (TPSA) is 188 Å². The van der Waals surface area contributed by atoms with Crippen LogP contribution < -0.4 is 5.73 Å². The zero-order valence-corrected chi connectivity index (χ0v) is 20.1. The summed E-state index contributed by atoms with van der Waals surface area (Å²) in [5, 5.41) is 44.1. The number of methoxy groups -OCH3 is 1. The molecule has 1 fully saturated rings. The fourth-order valence-corrected chi connectivity index (χ4v) is 5.88. The van der Waals surface area contributed by atoms with E-state index in [4.69, 9.17) is 10.5 Å². The van der Waals surface area contributed by atoms with Crippen molar-refractivity contribution in [2.75, 3.05) is 21.2 Å². The van der Waals surface area contributed by atoms with Crippen LogP contribution >= 0.6 is 0 Å². The molecule has 0 radical (unpaired) electrons. The minimum atomic E-state index is -2.68. The number of nitrogens with two attached hydrogens (primary N) is 1. The van der Waals surface area contributed by atoms with Crippen molar-refractivity contribution < 1.29 is 44.3 Å². The number of carbonyl (C=O) groups excluding carboxylic acids is 4. The van der Waals surface area contributed by atoms with Gasteiger partial charge in [-0.1, -0.05) is 6.07 Å². The second-order valence-electron chi connectivity index (χ2n) is 9.64. The van der Waals surface area contributed by atoms with Crippen molar-refractivity contribution in [1.29, 1.82) is 0 Å². The minimum Gasteiger partial charge on any atom is -0.508 e. The molecular formula is C25H28N2O9. The van der Waals surface area contributed by atoms with Gasteiger partial charge in [-0.25, -0.2) is 0 Å². The van der Waals surface area contributed by atoms with Gasteiger partial charge in [-0.2, -0.15) is 0 Å². The fourth-order valence-electron chi connectivity index (χ4n) is 5.88. The van der Waals surface area contributed by atoms with Gasteiger partial charge in [0.2, 0.25) is 5.78 Å². The number of aryl methyl sites for hydroxylation is 1. The number of ketones is 2. The zero-order chi connectivity index (χ0) is 26.7. The summed E-state index contributed by atoms with van der Waals surface area (Å²) < 4.78 is 4.69. The van der Waals surface area contributed by atoms with Gasteiger partial charge >= 0.3 is 5.97 Å². The number of esters is 1. The molecule has 6 N–H and O–H groups in total. The largest absolute Gasteiger partial charge is 0.508 e. The number of benzene rings is 1. The number of nitrogens with zero attached hydrogens (tertiary/aromatic N) is 1. The number of amides is 1. The number of hydrogen-bond acceptors (Lipinski definition) is 10. The summed E-state index contributed by atoms with van der Waals surface area (Å²) >= 11 is 0. The highest BCUT2D eigenvalue weighted by molar-refractivity contribution is 6.24. The van der Waals surface area contributed by atoms with Crippen LogP contribution in [0.15, 0.2) is 29.0 Å². The Morgan fingerprint density at radius 1 is 1.19 bits per heavy atom. The predicted octanol–water partition coefficient (Wildman–Crippen LogP) is 0.0696. The normalized spacial score (nSPS) is 27.5. The number of phenolic OH excluding ortho intramolecular Hbond substituents is 1. The maximum atomic E-state index is 13.8. The first-order valence-electron chi connectivity index (χ1n) is 11.4. The molecule has 192 valence electrons. The molecule has 0 unspecified atom stereocenters. The third-order valence-corrected chi connectivity index (χ3v) is 7.53. The summed E-state index contributed by atoms with van der Waals surface area (Å²) in [5.74, 6) is -7.42. The highest BCUT2D eigenvalue weighted by Gasteiger charge is 2.64. The molecule has 3 aliphatic carbocycles. The van der Waals surface area contributed by atoms with Gasteiger partial charge in [0.1, 0.15) is 22.8 Å². The van der Waals surface area contributed by atoms with Gasteiger partial charge in [0.25, 0.3) is 5.91 Å². The van der Waals surface area contributed by atoms with Crippen molar-refractivity contribution in [3.05, 3.63) is 45.7 Å². The van der Waals surface area contributed by atoms with E-state index in [1.54, 1.807) is 6.07 Å². The second kappa shape index (κ2) is 8.75. The number of primary amides is 1. The minimum absolute atomic E-state index is 0.00212. The molecule has 0 spiro atoms. The van der Waals surface area contributed by atoms with Crippen LogP contribution in [0.1, 0.15) is 29.5 Å². The van der Waals surface area contributed by atoms with Crippen LogP contribution in [0, 0.1) is 11.8 Å². The van der Waals surface area contributed by atoms with Crippen molar-refractivity contribution in [3.8, 4) is 5.75 Å². The molecule has 3 aliphatic rings. The van der Waals surface area contributed by atoms with Crippen molar-refractivity contribution in [2.45, 2.75) is 37.3 Å². The van der Waals surface area contributed by atoms with Gasteiger partial charge < -0.3 is 30.9 Å². The van der Waals surface area contributed by atoms with Gasteiger partial charge in [0.15, 0.2) is 11.4 Å². The Morgan fingerprint density at radius 2 is 1.86 bits per heavy atom. The van der Waals surface area contributed by atoms with Gasteiger partial charge in [-0.15, -0.1) is 0 Å². The van der Waals surface area contributed by atoms with E-state index in [-0.39, 0.29) is 42.6 Å². The number of phenols is 1. The molecule has 0 aliphatic heterocycles. The first kappa shape index (κ1) is 25.4. The molecule has 1 aromatic carbocycles. The lowest BCUT2D eigenvalue weighted by atomic mass is 9.57. The van der Waals surface area contributed by atoms with E-state index >= 15 is 0 Å². The van der Waals surface area contributed by atoms with Crippen molar-refractivity contribution in [3.63, 3.8) is 0 Å². The molecule has 0 aromatic heterocycles. The number of aromatic hydroxyl groups is 1. The lowest BCUT2D eigenvalue weighted by Crippen LogP contribution is -2.65. The maximum absolute atomic E-state index is 13.8. The van der Waals surface area contributed by atoms with E-state index < -0.39 is 64.0 Å². The number of likely N-dealkylation sites (N-methyl/N-ethyl adjacent to an activating group) is 1. The highest BCUT2D eigenvalue weighted by Crippen LogP contribution is 2.52. The molecule has 0 saturated heterocycles. The summed E-state index contributed by atoms with van der Waals surface area (Å²) in [7, 11) is 4.34. The number of carbonyl (C=O) groups is 4. The summed E-state index contributed by atoms with van der Waals surface area (Å²) in [5.41, 5.74) is 2.74. The Bertz CT molecular complexity index is 1260. The van der Waals surface area contributed by atoms with E-state index in [1.165, 1.54) is 32.2 Å². The smallest absolute Gasteiger partial charge is 0.305 e. The monoisotopic (exact) mass is 500 g/mol. The maximum Gasteiger partial charge on any atom is 0.305 e. The Labute approximate surface area is 206 Å². The average Bonchev–Trinajstić information content (AvgIpc) is 2.80. The molecule has 0 heterocycles. The van der Waals surface area contributed by atoms with Gasteiger partial charge in [0, 0.05) is 17.9 Å². The van der Waals surface area contributed by atoms with Crippen molar-refractivity contribution in [2.24, 2.45) is 17.6 Å². The van der Waals surface area contributed by atoms with Crippen LogP contribution in [0.2, 0.25) is 0 Å². The third-order valence-electron chi connectivity index (χ3n) is 7.53. The Kier molecular flexibility index (Phi) is 6.17. The molecule has 1 amide bonds. The van der Waals surface area contributed by atoms with Crippen LogP contribution in [0.3, 0.4) is 0 Å². The summed E-state index contributed by atoms with van der Waals surface area (Å²) in [4.78, 5) is 52.0. The molecule has 0 bridgehead atoms. The van der Waals surface area contributed by atoms with E-state index in [9.17, 15) is 39.6 Å². The molecular weight excluding hydrogens is 472 g/mol. The van der Waals surface area contributed by atoms with E-state index in [1.807, 2.05) is 0 Å². The lowest BCUT2D eigenvalue weighted by molar-refractivity contribution is -0.153. The first-order chi connectivity index (χ1) is 16.9. The summed E-state index contributed by atoms with van der Waals surface area (Å²) in [6, 6.07) is 1.80. The summed E-state index contributed by atoms with van der Waals surface area (Å²) in [6.07, 6.45) is 0.482. The summed E-state index contributed by atoms with van der Waals surface area (Å²) in [6.45, 7) is 0. The van der Waals surface area contributed by atoms with Gasteiger partial charge in [-0.3, -0.25) is 24.1 Å². The quantitative estimate of drug-likeness (QED) is 0.273. The number of Topliss-reactive ketones (excluding diaryl/α,β-unsaturated/α-hetero) is 2. The standard InChI is InChI=1S/C25H28N2O9/c1-27(2)19-13-9-11-8-12-10(5-7-15(29)36-3)4-6-14(28)17(12)20(30)16(11)22(32)25(13,35)23(33)18(21(19)31)24(26)34/h4,6,11,13,19,28,30,33,35H,5,7-9H2,1-3H3,(H2,26,34)/t11-,13-,19-,25-/m0/s1. The van der Waals surface area contributed by atoms with E-state index in [2.05, 4.69) is 0 Å². The molecule has 11 nitrogen and oxygen atoms in total. The first-order valence-corrected chi connectivity index (χ1v) is 11.4. The molecule has 36 heavy (non-hydrogen) atoms. The Hall–Kier alpha value is -3.70.